The Kier molecular flexibility index (Phi) is 6.41. The second kappa shape index (κ2) is 9.77. The van der Waals surface area contributed by atoms with Gasteiger partial charge in [-0.3, -0.25) is 14.5 Å². The van der Waals surface area contributed by atoms with Crippen LogP contribution in [-0.2, 0) is 9.53 Å². The molecule has 1 aromatic heterocycles. The van der Waals surface area contributed by atoms with Crippen LogP contribution in [-0.4, -0.2) is 72.5 Å². The standard InChI is InChI=1S/C26H30N4O3/c31-24(27-11-5-12-29-14-16-33-17-15-29)10-13-30-25(20-7-1-2-8-21(20)26(30)32)22-18-28-23-9-4-3-6-19(22)23/h1-4,6-9,18,25,28H,5,10-17H2,(H,27,31)/t25-/m1/s1. The lowest BCUT2D eigenvalue weighted by Crippen LogP contribution is -2.38. The smallest absolute Gasteiger partial charge is 0.255 e. The summed E-state index contributed by atoms with van der Waals surface area (Å²) in [6.45, 7) is 5.49. The third kappa shape index (κ3) is 4.51. The summed E-state index contributed by atoms with van der Waals surface area (Å²) >= 11 is 0. The van der Waals surface area contributed by atoms with Gasteiger partial charge in [0.05, 0.1) is 19.3 Å². The van der Waals surface area contributed by atoms with Crippen LogP contribution in [0.5, 0.6) is 0 Å². The fourth-order valence-electron chi connectivity index (χ4n) is 4.92. The molecule has 0 unspecified atom stereocenters. The van der Waals surface area contributed by atoms with Crippen LogP contribution in [0.4, 0.5) is 0 Å². The summed E-state index contributed by atoms with van der Waals surface area (Å²) in [5.41, 5.74) is 3.83. The van der Waals surface area contributed by atoms with Crippen LogP contribution in [0.3, 0.4) is 0 Å². The lowest BCUT2D eigenvalue weighted by molar-refractivity contribution is -0.121. The fourth-order valence-corrected chi connectivity index (χ4v) is 4.92. The van der Waals surface area contributed by atoms with E-state index >= 15 is 0 Å². The predicted molar refractivity (Wildman–Crippen MR) is 127 cm³/mol. The van der Waals surface area contributed by atoms with Crippen molar-refractivity contribution in [3.63, 3.8) is 0 Å². The average Bonchev–Trinajstić information content (AvgIpc) is 3.40. The van der Waals surface area contributed by atoms with E-state index in [1.165, 1.54) is 0 Å². The molecule has 0 radical (unpaired) electrons. The van der Waals surface area contributed by atoms with Crippen LogP contribution in [0.15, 0.2) is 54.7 Å². The number of amides is 2. The molecule has 5 rings (SSSR count). The van der Waals surface area contributed by atoms with Crippen molar-refractivity contribution in [3.8, 4) is 0 Å². The Morgan fingerprint density at radius 3 is 2.70 bits per heavy atom. The Balaban J connectivity index is 1.24. The van der Waals surface area contributed by atoms with Gasteiger partial charge in [-0.05, 0) is 30.7 Å². The van der Waals surface area contributed by atoms with Crippen molar-refractivity contribution in [1.82, 2.24) is 20.1 Å². The van der Waals surface area contributed by atoms with Gasteiger partial charge in [0.25, 0.3) is 5.91 Å². The first-order valence-corrected chi connectivity index (χ1v) is 11.7. The third-order valence-electron chi connectivity index (χ3n) is 6.63. The summed E-state index contributed by atoms with van der Waals surface area (Å²) in [7, 11) is 0. The largest absolute Gasteiger partial charge is 0.379 e. The van der Waals surface area contributed by atoms with Gasteiger partial charge in [-0.15, -0.1) is 0 Å². The minimum atomic E-state index is -0.195. The molecular formula is C26H30N4O3. The molecule has 1 atom stereocenters. The maximum atomic E-state index is 13.3. The zero-order valence-corrected chi connectivity index (χ0v) is 18.8. The molecule has 2 aliphatic rings. The first kappa shape index (κ1) is 21.7. The number of H-pyrrole nitrogens is 1. The molecular weight excluding hydrogens is 416 g/mol. The number of aromatic nitrogens is 1. The highest BCUT2D eigenvalue weighted by molar-refractivity contribution is 6.01. The minimum Gasteiger partial charge on any atom is -0.379 e. The van der Waals surface area contributed by atoms with Crippen LogP contribution in [0.25, 0.3) is 10.9 Å². The number of morpholine rings is 1. The van der Waals surface area contributed by atoms with Crippen molar-refractivity contribution in [1.29, 1.82) is 0 Å². The molecule has 7 heteroatoms. The Bertz CT molecular complexity index is 1140. The van der Waals surface area contributed by atoms with E-state index in [1.807, 2.05) is 53.6 Å². The highest BCUT2D eigenvalue weighted by atomic mass is 16.5. The summed E-state index contributed by atoms with van der Waals surface area (Å²) in [6.07, 6.45) is 3.19. The van der Waals surface area contributed by atoms with Gasteiger partial charge >= 0.3 is 0 Å². The van der Waals surface area contributed by atoms with Gasteiger partial charge in [0, 0.05) is 60.8 Å². The zero-order valence-electron chi connectivity index (χ0n) is 18.8. The number of rotatable bonds is 8. The van der Waals surface area contributed by atoms with Crippen molar-refractivity contribution >= 4 is 22.7 Å². The number of nitrogens with zero attached hydrogens (tertiary/aromatic N) is 2. The normalized spacial score (nSPS) is 18.6. The molecule has 2 amide bonds. The first-order chi connectivity index (χ1) is 16.2. The second-order valence-electron chi connectivity index (χ2n) is 8.69. The quantitative estimate of drug-likeness (QED) is 0.522. The van der Waals surface area contributed by atoms with E-state index in [-0.39, 0.29) is 24.3 Å². The van der Waals surface area contributed by atoms with Crippen molar-refractivity contribution in [3.05, 3.63) is 71.4 Å². The molecule has 1 saturated heterocycles. The number of carbonyl (C=O) groups is 2. The van der Waals surface area contributed by atoms with E-state index in [1.54, 1.807) is 0 Å². The van der Waals surface area contributed by atoms with Gasteiger partial charge in [-0.25, -0.2) is 0 Å². The molecule has 7 nitrogen and oxygen atoms in total. The summed E-state index contributed by atoms with van der Waals surface area (Å²) in [5.74, 6) is -0.0283. The van der Waals surface area contributed by atoms with Gasteiger partial charge in [0.2, 0.25) is 5.91 Å². The van der Waals surface area contributed by atoms with Gasteiger partial charge in [-0.1, -0.05) is 36.4 Å². The van der Waals surface area contributed by atoms with Crippen molar-refractivity contribution in [2.75, 3.05) is 45.9 Å². The number of fused-ring (bicyclic) bond motifs is 2. The molecule has 0 spiro atoms. The Morgan fingerprint density at radius 2 is 1.82 bits per heavy atom. The summed E-state index contributed by atoms with van der Waals surface area (Å²) < 4.78 is 5.37. The van der Waals surface area contributed by atoms with Crippen molar-refractivity contribution < 1.29 is 14.3 Å². The predicted octanol–water partition coefficient (Wildman–Crippen LogP) is 2.94. The van der Waals surface area contributed by atoms with E-state index in [0.29, 0.717) is 13.1 Å². The molecule has 2 N–H and O–H groups in total. The number of aromatic amines is 1. The highest BCUT2D eigenvalue weighted by Gasteiger charge is 2.38. The van der Waals surface area contributed by atoms with Crippen molar-refractivity contribution in [2.24, 2.45) is 0 Å². The first-order valence-electron chi connectivity index (χ1n) is 11.7. The van der Waals surface area contributed by atoms with Crippen LogP contribution in [0.1, 0.15) is 40.4 Å². The van der Waals surface area contributed by atoms with Crippen LogP contribution in [0.2, 0.25) is 0 Å². The number of hydrogen-bond acceptors (Lipinski definition) is 4. The van der Waals surface area contributed by atoms with E-state index in [2.05, 4.69) is 21.3 Å². The lowest BCUT2D eigenvalue weighted by atomic mass is 9.97. The molecule has 3 aromatic rings. The molecule has 1 fully saturated rings. The fraction of sp³-hybridized carbons (Fsp3) is 0.385. The van der Waals surface area contributed by atoms with E-state index in [4.69, 9.17) is 4.74 Å². The lowest BCUT2D eigenvalue weighted by Gasteiger charge is -2.26. The summed E-state index contributed by atoms with van der Waals surface area (Å²) in [6, 6.07) is 15.7. The Labute approximate surface area is 193 Å². The topological polar surface area (TPSA) is 77.7 Å². The maximum Gasteiger partial charge on any atom is 0.255 e. The number of para-hydroxylation sites is 1. The zero-order chi connectivity index (χ0) is 22.6. The average molecular weight is 447 g/mol. The Morgan fingerprint density at radius 1 is 1.03 bits per heavy atom. The highest BCUT2D eigenvalue weighted by Crippen LogP contribution is 2.41. The summed E-state index contributed by atoms with van der Waals surface area (Å²) in [5, 5.41) is 4.12. The SMILES string of the molecule is O=C(CCN1C(=O)c2ccccc2[C@@H]1c1c[nH]c2ccccc12)NCCCN1CCOCC1. The molecule has 0 saturated carbocycles. The van der Waals surface area contributed by atoms with Gasteiger partial charge in [0.1, 0.15) is 0 Å². The maximum absolute atomic E-state index is 13.3. The molecule has 3 heterocycles. The molecule has 0 bridgehead atoms. The molecule has 2 aromatic carbocycles. The molecule has 0 aliphatic carbocycles. The number of ether oxygens (including phenoxy) is 1. The van der Waals surface area contributed by atoms with Gasteiger partial charge in [0.15, 0.2) is 0 Å². The third-order valence-corrected chi connectivity index (χ3v) is 6.63. The van der Waals surface area contributed by atoms with E-state index < -0.39 is 0 Å². The van der Waals surface area contributed by atoms with E-state index in [0.717, 1.165) is 66.9 Å². The van der Waals surface area contributed by atoms with Crippen molar-refractivity contribution in [2.45, 2.75) is 18.9 Å². The van der Waals surface area contributed by atoms with Gasteiger partial charge in [-0.2, -0.15) is 0 Å². The summed E-state index contributed by atoms with van der Waals surface area (Å²) in [4.78, 5) is 33.3. The number of nitrogens with one attached hydrogen (secondary N) is 2. The molecule has 172 valence electrons. The van der Waals surface area contributed by atoms with Crippen LogP contribution < -0.4 is 5.32 Å². The molecule has 33 heavy (non-hydrogen) atoms. The number of hydrogen-bond donors (Lipinski definition) is 2. The number of carbonyl (C=O) groups excluding carboxylic acids is 2. The van der Waals surface area contributed by atoms with E-state index in [9.17, 15) is 9.59 Å². The second-order valence-corrected chi connectivity index (χ2v) is 8.69. The molecule has 2 aliphatic heterocycles. The van der Waals surface area contributed by atoms with Crippen LogP contribution in [0, 0.1) is 0 Å². The monoisotopic (exact) mass is 446 g/mol. The number of benzene rings is 2. The Hall–Kier alpha value is -3.16. The van der Waals surface area contributed by atoms with Crippen LogP contribution >= 0.6 is 0 Å². The van der Waals surface area contributed by atoms with Gasteiger partial charge < -0.3 is 19.9 Å². The minimum absolute atomic E-state index is 0.0130.